The molecule has 3 unspecified atom stereocenters. The third kappa shape index (κ3) is 3.44. The van der Waals surface area contributed by atoms with Gasteiger partial charge in [-0.1, -0.05) is 33.6 Å². The number of nitrogens with two attached hydrogens (primary N) is 1. The van der Waals surface area contributed by atoms with E-state index in [9.17, 15) is 0 Å². The Balaban J connectivity index is 2.00. The molecule has 1 aromatic rings. The summed E-state index contributed by atoms with van der Waals surface area (Å²) < 4.78 is 6.55. The molecule has 1 heterocycles. The zero-order valence-corrected chi connectivity index (χ0v) is 12.2. The van der Waals surface area contributed by atoms with Crippen molar-refractivity contribution in [3.05, 3.63) is 33.3 Å². The lowest BCUT2D eigenvalue weighted by atomic mass is 9.92. The summed E-state index contributed by atoms with van der Waals surface area (Å²) in [6.45, 7) is 2.87. The lowest BCUT2D eigenvalue weighted by Crippen LogP contribution is -2.32. The van der Waals surface area contributed by atoms with Crippen LogP contribution in [0.4, 0.5) is 0 Å². The monoisotopic (exact) mass is 317 g/mol. The predicted octanol–water partition coefficient (Wildman–Crippen LogP) is 3.40. The average molecular weight is 319 g/mol. The molecule has 2 N–H and O–H groups in total. The van der Waals surface area contributed by atoms with Crippen LogP contribution in [0.3, 0.4) is 0 Å². The van der Waals surface area contributed by atoms with Crippen molar-refractivity contribution in [3.63, 3.8) is 0 Å². The molecule has 3 atom stereocenters. The molecule has 0 spiro atoms. The van der Waals surface area contributed by atoms with Crippen molar-refractivity contribution < 1.29 is 4.74 Å². The summed E-state index contributed by atoms with van der Waals surface area (Å²) in [5, 5.41) is 0.779. The fourth-order valence-corrected chi connectivity index (χ4v) is 3.01. The van der Waals surface area contributed by atoms with Crippen LogP contribution in [-0.4, -0.2) is 18.8 Å². The van der Waals surface area contributed by atoms with E-state index < -0.39 is 0 Å². The largest absolute Gasteiger partial charge is 0.378 e. The minimum atomic E-state index is 0.124. The lowest BCUT2D eigenvalue weighted by molar-refractivity contribution is 0.118. The van der Waals surface area contributed by atoms with Gasteiger partial charge in [0.1, 0.15) is 0 Å². The van der Waals surface area contributed by atoms with Gasteiger partial charge in [0.05, 0.1) is 12.7 Å². The zero-order chi connectivity index (χ0) is 12.4. The van der Waals surface area contributed by atoms with E-state index in [-0.39, 0.29) is 6.04 Å². The van der Waals surface area contributed by atoms with Gasteiger partial charge in [-0.05, 0) is 37.5 Å². The first-order valence-corrected chi connectivity index (χ1v) is 7.04. The maximum atomic E-state index is 6.23. The Bertz CT molecular complexity index is 399. The summed E-state index contributed by atoms with van der Waals surface area (Å²) in [6, 6.07) is 6.07. The van der Waals surface area contributed by atoms with Gasteiger partial charge in [0.25, 0.3) is 0 Å². The van der Waals surface area contributed by atoms with Gasteiger partial charge in [-0.2, -0.15) is 0 Å². The van der Waals surface area contributed by atoms with Crippen LogP contribution in [0.2, 0.25) is 5.02 Å². The fourth-order valence-electron chi connectivity index (χ4n) is 2.26. The van der Waals surface area contributed by atoms with Crippen molar-refractivity contribution in [1.82, 2.24) is 0 Å². The summed E-state index contributed by atoms with van der Waals surface area (Å²) in [7, 11) is 0. The Labute approximate surface area is 116 Å². The topological polar surface area (TPSA) is 35.2 Å². The van der Waals surface area contributed by atoms with E-state index in [0.29, 0.717) is 12.0 Å². The second kappa shape index (κ2) is 5.70. The van der Waals surface area contributed by atoms with E-state index in [1.165, 1.54) is 0 Å². The first-order chi connectivity index (χ1) is 8.06. The van der Waals surface area contributed by atoms with Crippen molar-refractivity contribution in [3.8, 4) is 0 Å². The van der Waals surface area contributed by atoms with E-state index in [2.05, 4.69) is 22.9 Å². The number of ether oxygens (including phenoxy) is 1. The van der Waals surface area contributed by atoms with Crippen molar-refractivity contribution in [2.24, 2.45) is 11.7 Å². The molecule has 4 heteroatoms. The van der Waals surface area contributed by atoms with Gasteiger partial charge in [-0.15, -0.1) is 0 Å². The molecule has 2 rings (SSSR count). The van der Waals surface area contributed by atoms with Gasteiger partial charge in [0.15, 0.2) is 0 Å². The first kappa shape index (κ1) is 13.3. The number of benzene rings is 1. The third-order valence-electron chi connectivity index (χ3n) is 3.31. The summed E-state index contributed by atoms with van der Waals surface area (Å²) in [4.78, 5) is 0. The SMILES string of the molecule is CC1CC(C(N)Cc2ccc(Br)cc2Cl)CO1. The molecule has 0 amide bonds. The van der Waals surface area contributed by atoms with Crippen LogP contribution < -0.4 is 5.73 Å². The Kier molecular flexibility index (Phi) is 4.47. The second-order valence-electron chi connectivity index (χ2n) is 4.74. The van der Waals surface area contributed by atoms with Gasteiger partial charge < -0.3 is 10.5 Å². The second-order valence-corrected chi connectivity index (χ2v) is 6.07. The minimum Gasteiger partial charge on any atom is -0.378 e. The van der Waals surface area contributed by atoms with Gasteiger partial charge >= 0.3 is 0 Å². The molecule has 1 aliphatic rings. The van der Waals surface area contributed by atoms with E-state index in [1.54, 1.807) is 0 Å². The Hall–Kier alpha value is -0.0900. The molecular weight excluding hydrogens is 302 g/mol. The van der Waals surface area contributed by atoms with Gasteiger partial charge in [-0.3, -0.25) is 0 Å². The van der Waals surface area contributed by atoms with Crippen LogP contribution >= 0.6 is 27.5 Å². The normalized spacial score (nSPS) is 26.1. The highest BCUT2D eigenvalue weighted by molar-refractivity contribution is 9.10. The molecule has 17 heavy (non-hydrogen) atoms. The van der Waals surface area contributed by atoms with Crippen LogP contribution in [0.25, 0.3) is 0 Å². The summed E-state index contributed by atoms with van der Waals surface area (Å²) in [5.74, 6) is 0.449. The Morgan fingerprint density at radius 2 is 2.35 bits per heavy atom. The molecular formula is C13H17BrClNO. The van der Waals surface area contributed by atoms with Crippen molar-refractivity contribution in [2.45, 2.75) is 31.9 Å². The first-order valence-electron chi connectivity index (χ1n) is 5.87. The molecule has 0 radical (unpaired) electrons. The number of hydrogen-bond acceptors (Lipinski definition) is 2. The predicted molar refractivity (Wildman–Crippen MR) is 74.4 cm³/mol. The molecule has 0 bridgehead atoms. The molecule has 1 saturated heterocycles. The molecule has 0 aliphatic carbocycles. The highest BCUT2D eigenvalue weighted by Gasteiger charge is 2.27. The molecule has 1 aliphatic heterocycles. The van der Waals surface area contributed by atoms with Crippen molar-refractivity contribution in [1.29, 1.82) is 0 Å². The molecule has 1 fully saturated rings. The maximum absolute atomic E-state index is 6.23. The van der Waals surface area contributed by atoms with Crippen LogP contribution in [0.1, 0.15) is 18.9 Å². The van der Waals surface area contributed by atoms with Gasteiger partial charge in [0, 0.05) is 21.5 Å². The smallest absolute Gasteiger partial charge is 0.0551 e. The third-order valence-corrected chi connectivity index (χ3v) is 4.15. The van der Waals surface area contributed by atoms with E-state index in [1.807, 2.05) is 18.2 Å². The summed E-state index contributed by atoms with van der Waals surface area (Å²) in [6.07, 6.45) is 2.20. The number of halogens is 2. The molecule has 94 valence electrons. The maximum Gasteiger partial charge on any atom is 0.0551 e. The highest BCUT2D eigenvalue weighted by atomic mass is 79.9. The molecule has 0 aromatic heterocycles. The van der Waals surface area contributed by atoms with Gasteiger partial charge in [-0.25, -0.2) is 0 Å². The molecule has 1 aromatic carbocycles. The van der Waals surface area contributed by atoms with Crippen LogP contribution in [0.15, 0.2) is 22.7 Å². The lowest BCUT2D eigenvalue weighted by Gasteiger charge is -2.18. The highest BCUT2D eigenvalue weighted by Crippen LogP contribution is 2.27. The molecule has 0 saturated carbocycles. The number of rotatable bonds is 3. The van der Waals surface area contributed by atoms with Crippen LogP contribution in [-0.2, 0) is 11.2 Å². The standard InChI is InChI=1S/C13H17BrClNO/c1-8-4-10(7-17-8)13(16)5-9-2-3-11(14)6-12(9)15/h2-3,6,8,10,13H,4-5,7,16H2,1H3. The Morgan fingerprint density at radius 3 is 2.94 bits per heavy atom. The average Bonchev–Trinajstić information content (AvgIpc) is 2.69. The van der Waals surface area contributed by atoms with E-state index in [4.69, 9.17) is 22.1 Å². The van der Waals surface area contributed by atoms with Crippen molar-refractivity contribution in [2.75, 3.05) is 6.61 Å². The summed E-state index contributed by atoms with van der Waals surface area (Å²) >= 11 is 9.59. The van der Waals surface area contributed by atoms with E-state index in [0.717, 1.165) is 34.5 Å². The number of hydrogen-bond donors (Lipinski definition) is 1. The Morgan fingerprint density at radius 1 is 1.59 bits per heavy atom. The molecule has 2 nitrogen and oxygen atoms in total. The van der Waals surface area contributed by atoms with Crippen LogP contribution in [0, 0.1) is 5.92 Å². The van der Waals surface area contributed by atoms with E-state index >= 15 is 0 Å². The minimum absolute atomic E-state index is 0.124. The quantitative estimate of drug-likeness (QED) is 0.927. The zero-order valence-electron chi connectivity index (χ0n) is 9.83. The van der Waals surface area contributed by atoms with Gasteiger partial charge in [0.2, 0.25) is 0 Å². The fraction of sp³-hybridized carbons (Fsp3) is 0.538. The van der Waals surface area contributed by atoms with Crippen LogP contribution in [0.5, 0.6) is 0 Å². The summed E-state index contributed by atoms with van der Waals surface area (Å²) in [5.41, 5.74) is 7.34. The van der Waals surface area contributed by atoms with Crippen molar-refractivity contribution >= 4 is 27.5 Å².